The quantitative estimate of drug-likeness (QED) is 0.640. The second kappa shape index (κ2) is 7.87. The topological polar surface area (TPSA) is 87.2 Å². The number of amides is 2. The summed E-state index contributed by atoms with van der Waals surface area (Å²) in [6, 6.07) is 5.80. The number of carboxylic acid groups (broad SMARTS) is 1. The number of ether oxygens (including phenoxy) is 1. The van der Waals surface area contributed by atoms with E-state index < -0.39 is 12.1 Å². The van der Waals surface area contributed by atoms with E-state index in [1.165, 1.54) is 36.3 Å². The molecule has 0 saturated carbocycles. The maximum absolute atomic E-state index is 12.3. The molecule has 114 valence electrons. The fourth-order valence-electron chi connectivity index (χ4n) is 2.16. The Morgan fingerprint density at radius 2 is 1.45 bits per heavy atom. The molecule has 0 aromatic heterocycles. The van der Waals surface area contributed by atoms with Crippen LogP contribution in [0.15, 0.2) is 24.3 Å². The Hall–Kier alpha value is -1.97. The van der Waals surface area contributed by atoms with Crippen molar-refractivity contribution in [2.24, 2.45) is 0 Å². The van der Waals surface area contributed by atoms with E-state index in [0.717, 1.165) is 0 Å². The van der Waals surface area contributed by atoms with Crippen LogP contribution in [-0.4, -0.2) is 66.2 Å². The van der Waals surface area contributed by atoms with Gasteiger partial charge >= 0.3 is 30.9 Å². The standard InChI is InChI=1S/C14H16N2O5.Li.H/c1-21-14(20)16-8-6-15(7-9-16)12(17)10-2-4-11(5-3-10)13(18)19;;/h2-5H,6-9H2,1H3,(H,18,19);;/q;+1;-1. The molecule has 0 atom stereocenters. The van der Waals surface area contributed by atoms with Gasteiger partial charge in [-0.1, -0.05) is 0 Å². The number of rotatable bonds is 2. The molecule has 22 heavy (non-hydrogen) atoms. The number of carbonyl (C=O) groups is 3. The molecule has 8 heteroatoms. The average Bonchev–Trinajstić information content (AvgIpc) is 2.53. The summed E-state index contributed by atoms with van der Waals surface area (Å²) >= 11 is 0. The Kier molecular flexibility index (Phi) is 6.47. The van der Waals surface area contributed by atoms with E-state index in [1.807, 2.05) is 0 Å². The second-order valence-electron chi connectivity index (χ2n) is 4.63. The summed E-state index contributed by atoms with van der Waals surface area (Å²) in [6.07, 6.45) is -0.395. The minimum absolute atomic E-state index is 0. The molecule has 0 unspecified atom stereocenters. The molecule has 1 heterocycles. The van der Waals surface area contributed by atoms with Crippen LogP contribution in [0.25, 0.3) is 0 Å². The second-order valence-corrected chi connectivity index (χ2v) is 4.63. The zero-order chi connectivity index (χ0) is 15.4. The number of nitrogens with zero attached hydrogens (tertiary/aromatic N) is 2. The van der Waals surface area contributed by atoms with E-state index in [4.69, 9.17) is 5.11 Å². The first kappa shape index (κ1) is 18.1. The van der Waals surface area contributed by atoms with Gasteiger partial charge in [0.25, 0.3) is 5.91 Å². The molecule has 2 rings (SSSR count). The molecule has 1 aromatic carbocycles. The predicted molar refractivity (Wildman–Crippen MR) is 74.4 cm³/mol. The van der Waals surface area contributed by atoms with Gasteiger partial charge in [-0.05, 0) is 24.3 Å². The van der Waals surface area contributed by atoms with Crippen LogP contribution in [0.2, 0.25) is 0 Å². The zero-order valence-corrected chi connectivity index (χ0v) is 12.6. The van der Waals surface area contributed by atoms with Crippen molar-refractivity contribution >= 4 is 18.0 Å². The molecule has 0 aliphatic carbocycles. The molecular weight excluding hydrogens is 283 g/mol. The SMILES string of the molecule is COC(=O)N1CCN(C(=O)c2ccc(C(=O)O)cc2)CC1.[H-].[Li+]. The van der Waals surface area contributed by atoms with Crippen molar-refractivity contribution in [3.05, 3.63) is 35.4 Å². The molecule has 2 amide bonds. The molecule has 0 radical (unpaired) electrons. The Bertz CT molecular complexity index is 559. The number of aromatic carboxylic acids is 1. The van der Waals surface area contributed by atoms with Crippen molar-refractivity contribution in [1.29, 1.82) is 0 Å². The van der Waals surface area contributed by atoms with Crippen LogP contribution in [0, 0.1) is 0 Å². The summed E-state index contributed by atoms with van der Waals surface area (Å²) in [4.78, 5) is 37.6. The van der Waals surface area contributed by atoms with Gasteiger partial charge in [0.1, 0.15) is 0 Å². The average molecular weight is 300 g/mol. The van der Waals surface area contributed by atoms with Gasteiger partial charge in [0.05, 0.1) is 12.7 Å². The summed E-state index contributed by atoms with van der Waals surface area (Å²) < 4.78 is 4.63. The third-order valence-corrected chi connectivity index (χ3v) is 3.38. The summed E-state index contributed by atoms with van der Waals surface area (Å²) in [5.74, 6) is -1.20. The Balaban J connectivity index is 0.00000242. The van der Waals surface area contributed by atoms with Crippen LogP contribution in [0.1, 0.15) is 22.1 Å². The van der Waals surface area contributed by atoms with Crippen LogP contribution in [0.3, 0.4) is 0 Å². The smallest absolute Gasteiger partial charge is 1.00 e. The van der Waals surface area contributed by atoms with Gasteiger partial charge in [0.15, 0.2) is 0 Å². The Labute approximate surface area is 141 Å². The van der Waals surface area contributed by atoms with Crippen molar-refractivity contribution in [2.45, 2.75) is 0 Å². The number of hydrogen-bond donors (Lipinski definition) is 1. The van der Waals surface area contributed by atoms with E-state index in [0.29, 0.717) is 31.7 Å². The molecule has 1 saturated heterocycles. The molecule has 1 aliphatic rings. The first-order chi connectivity index (χ1) is 10.0. The fraction of sp³-hybridized carbons (Fsp3) is 0.357. The minimum atomic E-state index is -1.03. The molecule has 7 nitrogen and oxygen atoms in total. The minimum Gasteiger partial charge on any atom is -1.00 e. The number of methoxy groups -OCH3 is 1. The van der Waals surface area contributed by atoms with Gasteiger partial charge in [0.2, 0.25) is 0 Å². The van der Waals surface area contributed by atoms with Crippen LogP contribution in [0.5, 0.6) is 0 Å². The van der Waals surface area contributed by atoms with Gasteiger partial charge in [0, 0.05) is 31.7 Å². The molecule has 0 spiro atoms. The summed E-state index contributed by atoms with van der Waals surface area (Å²) in [5.41, 5.74) is 0.577. The van der Waals surface area contributed by atoms with E-state index >= 15 is 0 Å². The Morgan fingerprint density at radius 1 is 1.00 bits per heavy atom. The summed E-state index contributed by atoms with van der Waals surface area (Å²) in [7, 11) is 1.32. The van der Waals surface area contributed by atoms with Crippen molar-refractivity contribution in [3.8, 4) is 0 Å². The largest absolute Gasteiger partial charge is 1.00 e. The van der Waals surface area contributed by atoms with E-state index in [9.17, 15) is 14.4 Å². The van der Waals surface area contributed by atoms with Crippen LogP contribution >= 0.6 is 0 Å². The van der Waals surface area contributed by atoms with Gasteiger partial charge in [-0.25, -0.2) is 9.59 Å². The maximum atomic E-state index is 12.3. The van der Waals surface area contributed by atoms with Crippen LogP contribution in [0.4, 0.5) is 4.79 Å². The van der Waals surface area contributed by atoms with E-state index in [2.05, 4.69) is 4.74 Å². The van der Waals surface area contributed by atoms with Gasteiger partial charge in [-0.15, -0.1) is 0 Å². The Morgan fingerprint density at radius 3 is 1.91 bits per heavy atom. The number of carbonyl (C=O) groups excluding carboxylic acids is 2. The van der Waals surface area contributed by atoms with Crippen LogP contribution < -0.4 is 18.9 Å². The summed E-state index contributed by atoms with van der Waals surface area (Å²) in [5, 5.41) is 8.82. The first-order valence-electron chi connectivity index (χ1n) is 6.48. The van der Waals surface area contributed by atoms with Crippen molar-refractivity contribution in [1.82, 2.24) is 9.80 Å². The van der Waals surface area contributed by atoms with E-state index in [-0.39, 0.29) is 31.8 Å². The normalized spacial score (nSPS) is 14.0. The first-order valence-corrected chi connectivity index (χ1v) is 6.48. The number of hydrogen-bond acceptors (Lipinski definition) is 4. The third kappa shape index (κ3) is 4.03. The van der Waals surface area contributed by atoms with Crippen molar-refractivity contribution in [3.63, 3.8) is 0 Å². The monoisotopic (exact) mass is 300 g/mol. The van der Waals surface area contributed by atoms with E-state index in [1.54, 1.807) is 4.90 Å². The maximum Gasteiger partial charge on any atom is 1.00 e. The van der Waals surface area contributed by atoms with Gasteiger partial charge in [-0.2, -0.15) is 0 Å². The van der Waals surface area contributed by atoms with Crippen molar-refractivity contribution < 1.29 is 44.5 Å². The molecule has 1 N–H and O–H groups in total. The molecule has 1 fully saturated rings. The van der Waals surface area contributed by atoms with Gasteiger partial charge < -0.3 is 21.1 Å². The molecule has 0 bridgehead atoms. The predicted octanol–water partition coefficient (Wildman–Crippen LogP) is -1.97. The molecule has 1 aliphatic heterocycles. The number of piperazine rings is 1. The summed E-state index contributed by atoms with van der Waals surface area (Å²) in [6.45, 7) is 1.69. The number of benzene rings is 1. The fourth-order valence-corrected chi connectivity index (χ4v) is 2.16. The molecular formula is C14H17LiN2O5. The van der Waals surface area contributed by atoms with Crippen LogP contribution in [-0.2, 0) is 4.74 Å². The van der Waals surface area contributed by atoms with Crippen molar-refractivity contribution in [2.75, 3.05) is 33.3 Å². The molecule has 1 aromatic rings. The third-order valence-electron chi connectivity index (χ3n) is 3.38. The van der Waals surface area contributed by atoms with Gasteiger partial charge in [-0.3, -0.25) is 4.79 Å². The zero-order valence-electron chi connectivity index (χ0n) is 13.6. The number of carboxylic acids is 1.